The van der Waals surface area contributed by atoms with Gasteiger partial charge in [0, 0.05) is 6.61 Å². The maximum atomic E-state index is 9.45. The van der Waals surface area contributed by atoms with Crippen LogP contribution in [0.2, 0.25) is 0 Å². The lowest BCUT2D eigenvalue weighted by Crippen LogP contribution is -2.19. The van der Waals surface area contributed by atoms with Crippen LogP contribution in [0.4, 0.5) is 0 Å². The average Bonchev–Trinajstić information content (AvgIpc) is 2.36. The molecule has 0 saturated carbocycles. The average molecular weight is 172 g/mol. The molecule has 1 aliphatic heterocycles. The molecule has 0 amide bonds. The Morgan fingerprint density at radius 2 is 2.25 bits per heavy atom. The Morgan fingerprint density at radius 1 is 1.50 bits per heavy atom. The SMILES string of the molecule is CC(C)(O)CCCC1CCCO1. The highest BCUT2D eigenvalue weighted by Crippen LogP contribution is 2.20. The van der Waals surface area contributed by atoms with Crippen molar-refractivity contribution >= 4 is 0 Å². The third-order valence-corrected chi connectivity index (χ3v) is 2.34. The van der Waals surface area contributed by atoms with Crippen LogP contribution in [0.15, 0.2) is 0 Å². The Kier molecular flexibility index (Phi) is 3.53. The number of hydrogen-bond donors (Lipinski definition) is 1. The van der Waals surface area contributed by atoms with E-state index >= 15 is 0 Å². The predicted octanol–water partition coefficient (Wildman–Crippen LogP) is 2.11. The van der Waals surface area contributed by atoms with Gasteiger partial charge in [-0.3, -0.25) is 0 Å². The van der Waals surface area contributed by atoms with Gasteiger partial charge in [0.25, 0.3) is 0 Å². The Balaban J connectivity index is 2.02. The lowest BCUT2D eigenvalue weighted by atomic mass is 9.99. The summed E-state index contributed by atoms with van der Waals surface area (Å²) in [6.07, 6.45) is 5.98. The van der Waals surface area contributed by atoms with Crippen molar-refractivity contribution in [3.05, 3.63) is 0 Å². The van der Waals surface area contributed by atoms with Crippen LogP contribution in [-0.4, -0.2) is 23.4 Å². The van der Waals surface area contributed by atoms with E-state index in [9.17, 15) is 5.11 Å². The first-order valence-corrected chi connectivity index (χ1v) is 4.92. The van der Waals surface area contributed by atoms with Crippen molar-refractivity contribution in [2.75, 3.05) is 6.61 Å². The van der Waals surface area contributed by atoms with Gasteiger partial charge in [-0.1, -0.05) is 0 Å². The number of rotatable bonds is 4. The first-order chi connectivity index (χ1) is 5.58. The van der Waals surface area contributed by atoms with Gasteiger partial charge in [-0.05, 0) is 46.0 Å². The van der Waals surface area contributed by atoms with Gasteiger partial charge in [0.2, 0.25) is 0 Å². The van der Waals surface area contributed by atoms with Gasteiger partial charge in [-0.25, -0.2) is 0 Å². The maximum absolute atomic E-state index is 9.45. The molecule has 0 aromatic carbocycles. The first-order valence-electron chi connectivity index (χ1n) is 4.92. The van der Waals surface area contributed by atoms with Gasteiger partial charge < -0.3 is 9.84 Å². The molecule has 2 heteroatoms. The van der Waals surface area contributed by atoms with Crippen LogP contribution in [0, 0.1) is 0 Å². The lowest BCUT2D eigenvalue weighted by molar-refractivity contribution is 0.0566. The molecule has 1 heterocycles. The second-order valence-corrected chi connectivity index (χ2v) is 4.34. The molecule has 1 N–H and O–H groups in total. The highest BCUT2D eigenvalue weighted by molar-refractivity contribution is 4.69. The molecule has 0 aromatic rings. The molecule has 1 aliphatic rings. The summed E-state index contributed by atoms with van der Waals surface area (Å²) in [7, 11) is 0. The first kappa shape index (κ1) is 10.0. The summed E-state index contributed by atoms with van der Waals surface area (Å²) in [5.41, 5.74) is -0.501. The summed E-state index contributed by atoms with van der Waals surface area (Å²) in [5, 5.41) is 9.45. The van der Waals surface area contributed by atoms with Crippen molar-refractivity contribution in [2.45, 2.75) is 57.7 Å². The molecule has 72 valence electrons. The molecule has 0 spiro atoms. The van der Waals surface area contributed by atoms with Crippen molar-refractivity contribution in [2.24, 2.45) is 0 Å². The van der Waals surface area contributed by atoms with E-state index in [1.165, 1.54) is 12.8 Å². The van der Waals surface area contributed by atoms with Crippen LogP contribution in [0.1, 0.15) is 46.0 Å². The molecule has 1 fully saturated rings. The van der Waals surface area contributed by atoms with E-state index in [0.717, 1.165) is 25.9 Å². The molecule has 12 heavy (non-hydrogen) atoms. The summed E-state index contributed by atoms with van der Waals surface area (Å²) in [6, 6.07) is 0. The molecule has 1 unspecified atom stereocenters. The Hall–Kier alpha value is -0.0800. The monoisotopic (exact) mass is 172 g/mol. The van der Waals surface area contributed by atoms with Crippen molar-refractivity contribution < 1.29 is 9.84 Å². The van der Waals surface area contributed by atoms with E-state index in [4.69, 9.17) is 4.74 Å². The van der Waals surface area contributed by atoms with E-state index < -0.39 is 5.60 Å². The number of aliphatic hydroxyl groups is 1. The summed E-state index contributed by atoms with van der Waals surface area (Å²) in [5.74, 6) is 0. The van der Waals surface area contributed by atoms with Gasteiger partial charge in [-0.15, -0.1) is 0 Å². The standard InChI is InChI=1S/C10H20O2/c1-10(2,11)7-3-5-9-6-4-8-12-9/h9,11H,3-8H2,1-2H3. The second kappa shape index (κ2) is 4.24. The predicted molar refractivity (Wildman–Crippen MR) is 49.1 cm³/mol. The van der Waals surface area contributed by atoms with Crippen molar-refractivity contribution in [3.63, 3.8) is 0 Å². The summed E-state index contributed by atoms with van der Waals surface area (Å²) >= 11 is 0. The van der Waals surface area contributed by atoms with Crippen LogP contribution in [0.5, 0.6) is 0 Å². The Labute approximate surface area is 74.9 Å². The van der Waals surface area contributed by atoms with Crippen LogP contribution in [-0.2, 0) is 4.74 Å². The zero-order chi connectivity index (χ0) is 9.03. The summed E-state index contributed by atoms with van der Waals surface area (Å²) in [4.78, 5) is 0. The quantitative estimate of drug-likeness (QED) is 0.703. The number of hydrogen-bond acceptors (Lipinski definition) is 2. The van der Waals surface area contributed by atoms with Crippen LogP contribution in [0.25, 0.3) is 0 Å². The maximum Gasteiger partial charge on any atom is 0.0591 e. The van der Waals surface area contributed by atoms with Crippen LogP contribution >= 0.6 is 0 Å². The molecular weight excluding hydrogens is 152 g/mol. The fourth-order valence-electron chi connectivity index (χ4n) is 1.63. The molecule has 1 atom stereocenters. The minimum absolute atomic E-state index is 0.479. The fraction of sp³-hybridized carbons (Fsp3) is 1.00. The van der Waals surface area contributed by atoms with Gasteiger partial charge >= 0.3 is 0 Å². The zero-order valence-electron chi connectivity index (χ0n) is 8.18. The third kappa shape index (κ3) is 4.07. The highest BCUT2D eigenvalue weighted by Gasteiger charge is 2.17. The zero-order valence-corrected chi connectivity index (χ0v) is 8.18. The van der Waals surface area contributed by atoms with E-state index in [0.29, 0.717) is 6.10 Å². The molecule has 0 radical (unpaired) electrons. The molecule has 0 aromatic heterocycles. The fourth-order valence-corrected chi connectivity index (χ4v) is 1.63. The van der Waals surface area contributed by atoms with Crippen LogP contribution in [0.3, 0.4) is 0 Å². The third-order valence-electron chi connectivity index (χ3n) is 2.34. The summed E-state index contributed by atoms with van der Waals surface area (Å²) in [6.45, 7) is 4.66. The topological polar surface area (TPSA) is 29.5 Å². The molecule has 2 nitrogen and oxygen atoms in total. The smallest absolute Gasteiger partial charge is 0.0591 e. The minimum atomic E-state index is -0.501. The number of ether oxygens (including phenoxy) is 1. The van der Waals surface area contributed by atoms with E-state index in [-0.39, 0.29) is 0 Å². The van der Waals surface area contributed by atoms with Crippen molar-refractivity contribution in [1.29, 1.82) is 0 Å². The highest BCUT2D eigenvalue weighted by atomic mass is 16.5. The van der Waals surface area contributed by atoms with E-state index in [1.54, 1.807) is 0 Å². The lowest BCUT2D eigenvalue weighted by Gasteiger charge is -2.17. The molecule has 1 rings (SSSR count). The second-order valence-electron chi connectivity index (χ2n) is 4.34. The largest absolute Gasteiger partial charge is 0.390 e. The van der Waals surface area contributed by atoms with Crippen molar-refractivity contribution in [1.82, 2.24) is 0 Å². The normalized spacial score (nSPS) is 24.8. The molecule has 0 bridgehead atoms. The van der Waals surface area contributed by atoms with Gasteiger partial charge in [0.1, 0.15) is 0 Å². The van der Waals surface area contributed by atoms with Gasteiger partial charge in [-0.2, -0.15) is 0 Å². The Morgan fingerprint density at radius 3 is 2.75 bits per heavy atom. The Bertz CT molecular complexity index is 120. The van der Waals surface area contributed by atoms with E-state index in [2.05, 4.69) is 0 Å². The van der Waals surface area contributed by atoms with Gasteiger partial charge in [0.05, 0.1) is 11.7 Å². The molecule has 1 saturated heterocycles. The molecule has 0 aliphatic carbocycles. The summed E-state index contributed by atoms with van der Waals surface area (Å²) < 4.78 is 5.49. The van der Waals surface area contributed by atoms with Gasteiger partial charge in [0.15, 0.2) is 0 Å². The molecular formula is C10H20O2. The minimum Gasteiger partial charge on any atom is -0.390 e. The van der Waals surface area contributed by atoms with E-state index in [1.807, 2.05) is 13.8 Å². The van der Waals surface area contributed by atoms with Crippen molar-refractivity contribution in [3.8, 4) is 0 Å². The van der Waals surface area contributed by atoms with Crippen LogP contribution < -0.4 is 0 Å².